The first-order chi connectivity index (χ1) is 9.62. The molecule has 2 N–H and O–H groups in total. The summed E-state index contributed by atoms with van der Waals surface area (Å²) in [7, 11) is -3.35. The fraction of sp³-hybridized carbons (Fsp3) is 0.647. The first kappa shape index (κ1) is 16.5. The van der Waals surface area contributed by atoms with Crippen LogP contribution in [0.5, 0.6) is 0 Å². The number of nitrogens with two attached hydrogens (primary N) is 1. The maximum absolute atomic E-state index is 12.9. The summed E-state index contributed by atoms with van der Waals surface area (Å²) in [4.78, 5) is 0.414. The molecule has 1 aromatic rings. The van der Waals surface area contributed by atoms with Crippen molar-refractivity contribution in [1.29, 1.82) is 0 Å². The number of sulfone groups is 1. The fourth-order valence-electron chi connectivity index (χ4n) is 3.26. The molecule has 21 heavy (non-hydrogen) atoms. The van der Waals surface area contributed by atoms with Crippen LogP contribution in [0.4, 0.5) is 0 Å². The Morgan fingerprint density at radius 1 is 1.19 bits per heavy atom. The molecule has 0 spiro atoms. The summed E-state index contributed by atoms with van der Waals surface area (Å²) in [6, 6.07) is 6.91. The van der Waals surface area contributed by atoms with Crippen molar-refractivity contribution in [2.24, 2.45) is 17.1 Å². The third-order valence-corrected chi connectivity index (χ3v) is 7.03. The van der Waals surface area contributed by atoms with E-state index in [9.17, 15) is 8.42 Å². The Kier molecular flexibility index (Phi) is 4.50. The Bertz CT molecular complexity index is 601. The largest absolute Gasteiger partial charge is 0.327 e. The van der Waals surface area contributed by atoms with E-state index in [0.29, 0.717) is 17.2 Å². The zero-order valence-electron chi connectivity index (χ0n) is 13.5. The van der Waals surface area contributed by atoms with Gasteiger partial charge < -0.3 is 5.73 Å². The Labute approximate surface area is 128 Å². The van der Waals surface area contributed by atoms with E-state index in [1.165, 1.54) is 0 Å². The van der Waals surface area contributed by atoms with Gasteiger partial charge in [-0.1, -0.05) is 32.9 Å². The van der Waals surface area contributed by atoms with E-state index in [1.807, 2.05) is 13.0 Å². The monoisotopic (exact) mass is 309 g/mol. The van der Waals surface area contributed by atoms with Gasteiger partial charge in [0.05, 0.1) is 10.1 Å². The lowest BCUT2D eigenvalue weighted by atomic mass is 9.71. The van der Waals surface area contributed by atoms with Crippen molar-refractivity contribution in [3.63, 3.8) is 0 Å². The molecule has 0 aliphatic heterocycles. The van der Waals surface area contributed by atoms with E-state index in [1.54, 1.807) is 18.2 Å². The highest BCUT2D eigenvalue weighted by atomic mass is 32.2. The van der Waals surface area contributed by atoms with Crippen LogP contribution in [0.15, 0.2) is 29.2 Å². The molecule has 3 nitrogen and oxygen atoms in total. The highest BCUT2D eigenvalue weighted by molar-refractivity contribution is 7.92. The molecule has 118 valence electrons. The Balaban J connectivity index is 2.34. The first-order valence-electron chi connectivity index (χ1n) is 7.68. The average Bonchev–Trinajstić information content (AvgIpc) is 2.37. The summed E-state index contributed by atoms with van der Waals surface area (Å²) in [6.45, 7) is 8.47. The molecular formula is C17H27NO2S. The molecule has 1 saturated carbocycles. The quantitative estimate of drug-likeness (QED) is 0.911. The van der Waals surface area contributed by atoms with Gasteiger partial charge in [-0.05, 0) is 55.2 Å². The van der Waals surface area contributed by atoms with E-state index in [0.717, 1.165) is 18.4 Å². The van der Waals surface area contributed by atoms with E-state index in [2.05, 4.69) is 20.8 Å². The van der Waals surface area contributed by atoms with Gasteiger partial charge in [-0.15, -0.1) is 0 Å². The summed E-state index contributed by atoms with van der Waals surface area (Å²) in [5, 5.41) is -0.461. The van der Waals surface area contributed by atoms with Crippen LogP contribution >= 0.6 is 0 Å². The van der Waals surface area contributed by atoms with Crippen LogP contribution in [-0.2, 0) is 9.84 Å². The Morgan fingerprint density at radius 2 is 1.86 bits per heavy atom. The minimum Gasteiger partial charge on any atom is -0.327 e. The molecule has 0 radical (unpaired) electrons. The number of aryl methyl sites for hydroxylation is 1. The van der Waals surface area contributed by atoms with Crippen molar-refractivity contribution in [3.8, 4) is 0 Å². The van der Waals surface area contributed by atoms with Gasteiger partial charge in [-0.25, -0.2) is 8.42 Å². The van der Waals surface area contributed by atoms with Gasteiger partial charge in [0.25, 0.3) is 0 Å². The summed E-state index contributed by atoms with van der Waals surface area (Å²) in [6.07, 6.45) is 2.48. The summed E-state index contributed by atoms with van der Waals surface area (Å²) < 4.78 is 25.9. The van der Waals surface area contributed by atoms with Gasteiger partial charge >= 0.3 is 0 Å². The molecule has 0 saturated heterocycles. The summed E-state index contributed by atoms with van der Waals surface area (Å²) in [5.41, 5.74) is 7.26. The molecule has 0 amide bonds. The number of rotatable bonds is 2. The molecule has 4 heteroatoms. The lowest BCUT2D eigenvalue weighted by Gasteiger charge is -2.40. The van der Waals surface area contributed by atoms with Gasteiger partial charge in [0.1, 0.15) is 0 Å². The zero-order chi connectivity index (χ0) is 15.8. The lowest BCUT2D eigenvalue weighted by molar-refractivity contribution is 0.171. The standard InChI is InChI=1S/C17H27NO2S/c1-12-6-5-7-14(10-12)21(19,20)16-11-13(17(2,3)4)8-9-15(16)18/h5-7,10,13,15-16H,8-9,11,18H2,1-4H3. The SMILES string of the molecule is Cc1cccc(S(=O)(=O)C2CC(C(C)(C)C)CCC2N)c1. The Morgan fingerprint density at radius 3 is 2.43 bits per heavy atom. The average molecular weight is 309 g/mol. The molecule has 0 aromatic heterocycles. The molecule has 1 fully saturated rings. The van der Waals surface area contributed by atoms with Crippen molar-refractivity contribution in [1.82, 2.24) is 0 Å². The van der Waals surface area contributed by atoms with Crippen LogP contribution in [0, 0.1) is 18.3 Å². The van der Waals surface area contributed by atoms with Crippen LogP contribution in [0.1, 0.15) is 45.6 Å². The van der Waals surface area contributed by atoms with Crippen LogP contribution in [-0.4, -0.2) is 19.7 Å². The van der Waals surface area contributed by atoms with E-state index < -0.39 is 15.1 Å². The molecule has 1 aliphatic rings. The van der Waals surface area contributed by atoms with Crippen LogP contribution in [0.25, 0.3) is 0 Å². The van der Waals surface area contributed by atoms with E-state index in [-0.39, 0.29) is 11.5 Å². The number of hydrogen-bond donors (Lipinski definition) is 1. The maximum atomic E-state index is 12.9. The molecule has 3 unspecified atom stereocenters. The highest BCUT2D eigenvalue weighted by Crippen LogP contribution is 2.40. The minimum absolute atomic E-state index is 0.126. The highest BCUT2D eigenvalue weighted by Gasteiger charge is 2.41. The zero-order valence-corrected chi connectivity index (χ0v) is 14.3. The summed E-state index contributed by atoms with van der Waals surface area (Å²) >= 11 is 0. The van der Waals surface area contributed by atoms with Gasteiger partial charge in [-0.3, -0.25) is 0 Å². The predicted molar refractivity (Wildman–Crippen MR) is 86.9 cm³/mol. The lowest BCUT2D eigenvalue weighted by Crippen LogP contribution is -2.47. The fourth-order valence-corrected chi connectivity index (χ4v) is 5.31. The Hall–Kier alpha value is -0.870. The number of benzene rings is 1. The topological polar surface area (TPSA) is 60.2 Å². The summed E-state index contributed by atoms with van der Waals surface area (Å²) in [5.74, 6) is 0.405. The van der Waals surface area contributed by atoms with Crippen molar-refractivity contribution >= 4 is 9.84 Å². The predicted octanol–water partition coefficient (Wildman–Crippen LogP) is 3.31. The minimum atomic E-state index is -3.35. The van der Waals surface area contributed by atoms with Crippen molar-refractivity contribution in [2.45, 2.75) is 63.1 Å². The van der Waals surface area contributed by atoms with Crippen molar-refractivity contribution < 1.29 is 8.42 Å². The van der Waals surface area contributed by atoms with E-state index >= 15 is 0 Å². The van der Waals surface area contributed by atoms with Gasteiger partial charge in [0.15, 0.2) is 9.84 Å². The molecule has 2 rings (SSSR count). The van der Waals surface area contributed by atoms with Crippen LogP contribution in [0.2, 0.25) is 0 Å². The maximum Gasteiger partial charge on any atom is 0.182 e. The number of hydrogen-bond acceptors (Lipinski definition) is 3. The van der Waals surface area contributed by atoms with Crippen LogP contribution < -0.4 is 5.73 Å². The molecule has 0 heterocycles. The van der Waals surface area contributed by atoms with Gasteiger partial charge in [0, 0.05) is 6.04 Å². The van der Waals surface area contributed by atoms with Crippen molar-refractivity contribution in [3.05, 3.63) is 29.8 Å². The molecule has 1 aliphatic carbocycles. The smallest absolute Gasteiger partial charge is 0.182 e. The second-order valence-electron chi connectivity index (χ2n) is 7.44. The first-order valence-corrected chi connectivity index (χ1v) is 9.23. The van der Waals surface area contributed by atoms with Gasteiger partial charge in [-0.2, -0.15) is 0 Å². The molecule has 3 atom stereocenters. The molecule has 0 bridgehead atoms. The second-order valence-corrected chi connectivity index (χ2v) is 9.61. The van der Waals surface area contributed by atoms with Crippen molar-refractivity contribution in [2.75, 3.05) is 0 Å². The van der Waals surface area contributed by atoms with Crippen LogP contribution in [0.3, 0.4) is 0 Å². The normalized spacial score (nSPS) is 27.6. The molecular weight excluding hydrogens is 282 g/mol. The molecule has 1 aromatic carbocycles. The van der Waals surface area contributed by atoms with E-state index in [4.69, 9.17) is 5.73 Å². The second kappa shape index (κ2) is 5.73. The van der Waals surface area contributed by atoms with Gasteiger partial charge in [0.2, 0.25) is 0 Å². The third kappa shape index (κ3) is 3.49. The third-order valence-electron chi connectivity index (χ3n) is 4.78.